The molecule has 3 aromatic rings. The number of carbonyl (C=O) groups is 2. The summed E-state index contributed by atoms with van der Waals surface area (Å²) in [5.41, 5.74) is 3.80. The lowest BCUT2D eigenvalue weighted by Gasteiger charge is -2.33. The Balaban J connectivity index is 1.89. The highest BCUT2D eigenvalue weighted by Gasteiger charge is 2.36. The fraction of sp³-hybridized carbons (Fsp3) is 0.333. The van der Waals surface area contributed by atoms with Crippen LogP contribution in [0.1, 0.15) is 46.8 Å². The van der Waals surface area contributed by atoms with E-state index in [1.807, 2.05) is 35.2 Å². The molecule has 3 aromatic carbocycles. The van der Waals surface area contributed by atoms with Gasteiger partial charge in [0.15, 0.2) is 5.78 Å². The number of ether oxygens (including phenoxy) is 1. The second-order valence-electron chi connectivity index (χ2n) is 8.06. The van der Waals surface area contributed by atoms with Crippen molar-refractivity contribution in [3.63, 3.8) is 0 Å². The van der Waals surface area contributed by atoms with E-state index in [2.05, 4.69) is 0 Å². The van der Waals surface area contributed by atoms with Gasteiger partial charge in [0, 0.05) is 30.1 Å². The number of hydrogen-bond acceptors (Lipinski definition) is 4. The lowest BCUT2D eigenvalue weighted by Crippen LogP contribution is -2.38. The number of aliphatic hydroxyl groups excluding tert-OH is 1. The fourth-order valence-electron chi connectivity index (χ4n) is 5.03. The van der Waals surface area contributed by atoms with Crippen LogP contribution in [0.25, 0.3) is 21.5 Å². The molecule has 29 heavy (non-hydrogen) atoms. The Morgan fingerprint density at radius 3 is 2.66 bits per heavy atom. The van der Waals surface area contributed by atoms with Crippen LogP contribution in [0.15, 0.2) is 30.3 Å². The maximum Gasteiger partial charge on any atom is 0.223 e. The summed E-state index contributed by atoms with van der Waals surface area (Å²) in [4.78, 5) is 26.4. The smallest absolute Gasteiger partial charge is 0.223 e. The molecule has 148 valence electrons. The summed E-state index contributed by atoms with van der Waals surface area (Å²) in [6, 6.07) is 10.1. The van der Waals surface area contributed by atoms with Crippen molar-refractivity contribution in [1.29, 1.82) is 0 Å². The van der Waals surface area contributed by atoms with E-state index in [9.17, 15) is 14.7 Å². The Morgan fingerprint density at radius 2 is 1.93 bits per heavy atom. The second-order valence-corrected chi connectivity index (χ2v) is 8.06. The number of hydrogen-bond donors (Lipinski definition) is 1. The third-order valence-corrected chi connectivity index (χ3v) is 6.54. The van der Waals surface area contributed by atoms with Crippen molar-refractivity contribution >= 4 is 33.2 Å². The molecule has 0 spiro atoms. The number of fused-ring (bicyclic) bond motifs is 7. The van der Waals surface area contributed by atoms with E-state index in [-0.39, 0.29) is 24.3 Å². The first-order valence-electron chi connectivity index (χ1n) is 10.0. The molecule has 5 rings (SSSR count). The van der Waals surface area contributed by atoms with Gasteiger partial charge in [0.25, 0.3) is 0 Å². The van der Waals surface area contributed by atoms with Gasteiger partial charge in [0.2, 0.25) is 5.91 Å². The predicted octanol–water partition coefficient (Wildman–Crippen LogP) is 3.74. The van der Waals surface area contributed by atoms with Crippen molar-refractivity contribution in [3.8, 4) is 5.75 Å². The highest BCUT2D eigenvalue weighted by molar-refractivity contribution is 6.13. The molecule has 1 atom stereocenters. The van der Waals surface area contributed by atoms with Crippen LogP contribution < -0.4 is 4.74 Å². The highest BCUT2D eigenvalue weighted by Crippen LogP contribution is 2.42. The van der Waals surface area contributed by atoms with Gasteiger partial charge in [-0.15, -0.1) is 0 Å². The first kappa shape index (κ1) is 18.1. The summed E-state index contributed by atoms with van der Waals surface area (Å²) in [5.74, 6) is 0.889. The van der Waals surface area contributed by atoms with Gasteiger partial charge in [-0.2, -0.15) is 0 Å². The number of Topliss-reactive ketones (excluding diaryl/α,β-unsaturated/α-hetero) is 1. The highest BCUT2D eigenvalue weighted by atomic mass is 16.5. The molecule has 0 saturated carbocycles. The van der Waals surface area contributed by atoms with E-state index in [0.717, 1.165) is 39.9 Å². The number of ketones is 1. The number of amides is 1. The average molecular weight is 389 g/mol. The Labute approximate surface area is 168 Å². The van der Waals surface area contributed by atoms with Crippen LogP contribution in [0.3, 0.4) is 0 Å². The summed E-state index contributed by atoms with van der Waals surface area (Å²) in [6.45, 7) is 2.05. The van der Waals surface area contributed by atoms with Gasteiger partial charge in [-0.1, -0.05) is 12.1 Å². The van der Waals surface area contributed by atoms with Gasteiger partial charge in [-0.05, 0) is 70.6 Å². The van der Waals surface area contributed by atoms with Crippen LogP contribution in [0.4, 0.5) is 0 Å². The van der Waals surface area contributed by atoms with E-state index in [4.69, 9.17) is 4.74 Å². The van der Waals surface area contributed by atoms with Gasteiger partial charge in [0.1, 0.15) is 5.75 Å². The molecule has 1 amide bonds. The molecule has 1 fully saturated rings. The summed E-state index contributed by atoms with van der Waals surface area (Å²) < 4.78 is 5.52. The molecule has 1 N–H and O–H groups in total. The zero-order valence-corrected chi connectivity index (χ0v) is 16.6. The third kappa shape index (κ3) is 2.64. The van der Waals surface area contributed by atoms with Crippen LogP contribution in [0, 0.1) is 0 Å². The molecule has 0 aromatic heterocycles. The number of rotatable bonds is 3. The maximum atomic E-state index is 12.4. The van der Waals surface area contributed by atoms with Crippen LogP contribution in [-0.2, 0) is 24.4 Å². The van der Waals surface area contributed by atoms with Crippen molar-refractivity contribution in [2.45, 2.75) is 45.4 Å². The zero-order valence-electron chi connectivity index (χ0n) is 16.6. The molecular weight excluding hydrogens is 366 g/mol. The topological polar surface area (TPSA) is 66.8 Å². The maximum absolute atomic E-state index is 12.4. The molecule has 0 unspecified atom stereocenters. The minimum absolute atomic E-state index is 0.0289. The quantitative estimate of drug-likeness (QED) is 0.547. The Hall–Kier alpha value is -2.92. The standard InChI is InChI=1S/C24H23NO4/c1-13(27)14-3-5-17-18(7-14)19-8-15(12-26)23(29-2)10-21(19)22-11-25-16(9-20(17)22)4-6-24(25)28/h3,5,7-8,10,16,26H,4,6,9,11-12H2,1-2H3/t16-/m0/s1. The van der Waals surface area contributed by atoms with E-state index in [0.29, 0.717) is 29.8 Å². The predicted molar refractivity (Wildman–Crippen MR) is 111 cm³/mol. The van der Waals surface area contributed by atoms with Crippen LogP contribution in [-0.4, -0.2) is 34.8 Å². The van der Waals surface area contributed by atoms with Crippen molar-refractivity contribution < 1.29 is 19.4 Å². The molecule has 2 aliphatic heterocycles. The van der Waals surface area contributed by atoms with Gasteiger partial charge < -0.3 is 14.7 Å². The van der Waals surface area contributed by atoms with Gasteiger partial charge in [-0.3, -0.25) is 9.59 Å². The van der Waals surface area contributed by atoms with Crippen LogP contribution >= 0.6 is 0 Å². The first-order chi connectivity index (χ1) is 14.0. The molecule has 2 heterocycles. The van der Waals surface area contributed by atoms with E-state index >= 15 is 0 Å². The summed E-state index contributed by atoms with van der Waals surface area (Å²) in [6.07, 6.45) is 2.34. The molecule has 0 bridgehead atoms. The SMILES string of the molecule is COc1cc2c3c(c4ccc(C(C)=O)cc4c2cc1CO)C[C@@H]1CCC(=O)N1C3. The summed E-state index contributed by atoms with van der Waals surface area (Å²) >= 11 is 0. The van der Waals surface area contributed by atoms with Crippen molar-refractivity contribution in [3.05, 3.63) is 52.6 Å². The number of benzene rings is 3. The molecule has 5 heteroatoms. The molecule has 5 nitrogen and oxygen atoms in total. The number of carbonyl (C=O) groups excluding carboxylic acids is 2. The van der Waals surface area contributed by atoms with Crippen molar-refractivity contribution in [1.82, 2.24) is 4.90 Å². The second kappa shape index (κ2) is 6.56. The lowest BCUT2D eigenvalue weighted by atomic mass is 9.84. The minimum atomic E-state index is -0.128. The first-order valence-corrected chi connectivity index (χ1v) is 10.0. The number of nitrogens with zero attached hydrogens (tertiary/aromatic N) is 1. The van der Waals surface area contributed by atoms with Crippen LogP contribution in [0.2, 0.25) is 0 Å². The molecule has 0 aliphatic carbocycles. The molecule has 2 aliphatic rings. The van der Waals surface area contributed by atoms with Crippen LogP contribution in [0.5, 0.6) is 5.75 Å². The van der Waals surface area contributed by atoms with E-state index in [1.165, 1.54) is 5.56 Å². The normalized spacial score (nSPS) is 18.2. The Bertz CT molecular complexity index is 1200. The molecular formula is C24H23NO4. The fourth-order valence-corrected chi connectivity index (χ4v) is 5.03. The van der Waals surface area contributed by atoms with Gasteiger partial charge in [0.05, 0.1) is 13.7 Å². The number of aliphatic hydroxyl groups is 1. The largest absolute Gasteiger partial charge is 0.496 e. The summed E-state index contributed by atoms with van der Waals surface area (Å²) in [7, 11) is 1.60. The Kier molecular flexibility index (Phi) is 4.10. The van der Waals surface area contributed by atoms with Gasteiger partial charge >= 0.3 is 0 Å². The molecule has 0 radical (unpaired) electrons. The minimum Gasteiger partial charge on any atom is -0.496 e. The van der Waals surface area contributed by atoms with Gasteiger partial charge in [-0.25, -0.2) is 0 Å². The van der Waals surface area contributed by atoms with Crippen molar-refractivity contribution in [2.24, 2.45) is 0 Å². The average Bonchev–Trinajstić information content (AvgIpc) is 3.11. The zero-order chi connectivity index (χ0) is 20.3. The third-order valence-electron chi connectivity index (χ3n) is 6.54. The number of methoxy groups -OCH3 is 1. The Morgan fingerprint density at radius 1 is 1.14 bits per heavy atom. The monoisotopic (exact) mass is 389 g/mol. The lowest BCUT2D eigenvalue weighted by molar-refractivity contribution is -0.129. The summed E-state index contributed by atoms with van der Waals surface area (Å²) in [5, 5.41) is 14.0. The van der Waals surface area contributed by atoms with Crippen molar-refractivity contribution in [2.75, 3.05) is 7.11 Å². The molecule has 1 saturated heterocycles. The van der Waals surface area contributed by atoms with E-state index in [1.54, 1.807) is 14.0 Å². The van der Waals surface area contributed by atoms with E-state index < -0.39 is 0 Å².